The molecule has 0 fully saturated rings. The molecule has 1 aromatic rings. The molecule has 2 nitrogen and oxygen atoms in total. The summed E-state index contributed by atoms with van der Waals surface area (Å²) in [6.07, 6.45) is 1.07. The summed E-state index contributed by atoms with van der Waals surface area (Å²) in [5.41, 5.74) is 0.313. The average Bonchev–Trinajstić information content (AvgIpc) is 2.18. The van der Waals surface area contributed by atoms with Crippen LogP contribution in [0.5, 0.6) is 5.75 Å². The molecule has 0 bridgehead atoms. The number of hydrogen-bond acceptors (Lipinski definition) is 1. The number of quaternary nitrogens is 1. The zero-order valence-electron chi connectivity index (χ0n) is 10.3. The molecule has 0 aliphatic rings. The lowest BCUT2D eigenvalue weighted by molar-refractivity contribution is -0.717. The Kier molecular flexibility index (Phi) is 5.29. The van der Waals surface area contributed by atoms with Crippen LogP contribution in [0.3, 0.4) is 0 Å². The van der Waals surface area contributed by atoms with E-state index in [1.807, 2.05) is 24.3 Å². The Morgan fingerprint density at radius 2 is 1.94 bits per heavy atom. The molecule has 0 spiro atoms. The average molecular weight is 287 g/mol. The lowest BCUT2D eigenvalue weighted by Crippen LogP contribution is -2.94. The first kappa shape index (κ1) is 13.5. The molecule has 90 valence electrons. The first-order valence-corrected chi connectivity index (χ1v) is 6.50. The molecule has 0 amide bonds. The van der Waals surface area contributed by atoms with Crippen molar-refractivity contribution < 1.29 is 10.1 Å². The summed E-state index contributed by atoms with van der Waals surface area (Å²) in [5, 5.41) is 2.34. The van der Waals surface area contributed by atoms with Crippen molar-refractivity contribution in [1.29, 1.82) is 0 Å². The van der Waals surface area contributed by atoms with Crippen molar-refractivity contribution in [2.24, 2.45) is 0 Å². The fourth-order valence-corrected chi connectivity index (χ4v) is 1.76. The van der Waals surface area contributed by atoms with Gasteiger partial charge in [-0.3, -0.25) is 0 Å². The Bertz CT molecular complexity index is 320. The van der Waals surface area contributed by atoms with E-state index in [9.17, 15) is 0 Å². The topological polar surface area (TPSA) is 25.8 Å². The molecule has 16 heavy (non-hydrogen) atoms. The minimum absolute atomic E-state index is 0.313. The molecule has 0 radical (unpaired) electrons. The third kappa shape index (κ3) is 5.52. The molecule has 0 aromatic heterocycles. The largest absolute Gasteiger partial charge is 0.492 e. The van der Waals surface area contributed by atoms with Gasteiger partial charge in [-0.15, -0.1) is 0 Å². The molecule has 0 aliphatic carbocycles. The van der Waals surface area contributed by atoms with Crippen LogP contribution < -0.4 is 10.1 Å². The molecule has 1 aromatic carbocycles. The standard InChI is InChI=1S/C13H20BrNO/c1-13(2,3)15-9-6-10-16-12-8-5-4-7-11(12)14/h4-5,7-8,15H,6,9-10H2,1-3H3/p+1. The van der Waals surface area contributed by atoms with Crippen molar-refractivity contribution in [3.63, 3.8) is 0 Å². The van der Waals surface area contributed by atoms with Gasteiger partial charge < -0.3 is 10.1 Å². The highest BCUT2D eigenvalue weighted by molar-refractivity contribution is 9.10. The zero-order chi connectivity index (χ0) is 12.0. The normalized spacial score (nSPS) is 11.5. The quantitative estimate of drug-likeness (QED) is 0.828. The smallest absolute Gasteiger partial charge is 0.133 e. The van der Waals surface area contributed by atoms with E-state index in [1.54, 1.807) is 0 Å². The van der Waals surface area contributed by atoms with Crippen molar-refractivity contribution >= 4 is 15.9 Å². The third-order valence-electron chi connectivity index (χ3n) is 2.20. The molecule has 3 heteroatoms. The Balaban J connectivity index is 2.19. The molecule has 2 N–H and O–H groups in total. The van der Waals surface area contributed by atoms with Gasteiger partial charge in [0.1, 0.15) is 5.75 Å². The van der Waals surface area contributed by atoms with Crippen molar-refractivity contribution in [2.45, 2.75) is 32.7 Å². The fraction of sp³-hybridized carbons (Fsp3) is 0.538. The summed E-state index contributed by atoms with van der Waals surface area (Å²) in [7, 11) is 0. The van der Waals surface area contributed by atoms with Gasteiger partial charge in [0.2, 0.25) is 0 Å². The van der Waals surface area contributed by atoms with Gasteiger partial charge in [-0.05, 0) is 48.8 Å². The van der Waals surface area contributed by atoms with Gasteiger partial charge in [0.15, 0.2) is 0 Å². The molecule has 0 saturated carbocycles. The minimum atomic E-state index is 0.313. The molecule has 0 saturated heterocycles. The number of hydrogen-bond donors (Lipinski definition) is 1. The van der Waals surface area contributed by atoms with Crippen LogP contribution in [-0.4, -0.2) is 18.7 Å². The van der Waals surface area contributed by atoms with Crippen LogP contribution in [0.25, 0.3) is 0 Å². The highest BCUT2D eigenvalue weighted by Crippen LogP contribution is 2.23. The van der Waals surface area contributed by atoms with Gasteiger partial charge in [0, 0.05) is 6.42 Å². The van der Waals surface area contributed by atoms with E-state index in [0.29, 0.717) is 5.54 Å². The third-order valence-corrected chi connectivity index (χ3v) is 2.85. The van der Waals surface area contributed by atoms with E-state index < -0.39 is 0 Å². The Hall–Kier alpha value is -0.540. The zero-order valence-corrected chi connectivity index (χ0v) is 11.9. The van der Waals surface area contributed by atoms with Gasteiger partial charge in [-0.25, -0.2) is 0 Å². The van der Waals surface area contributed by atoms with Gasteiger partial charge >= 0.3 is 0 Å². The number of rotatable bonds is 5. The van der Waals surface area contributed by atoms with Gasteiger partial charge in [0.25, 0.3) is 0 Å². The number of ether oxygens (including phenoxy) is 1. The van der Waals surface area contributed by atoms with Crippen LogP contribution in [0, 0.1) is 0 Å². The number of para-hydroxylation sites is 1. The van der Waals surface area contributed by atoms with Crippen LogP contribution in [0.4, 0.5) is 0 Å². The maximum absolute atomic E-state index is 5.68. The molecule has 0 heterocycles. The minimum Gasteiger partial charge on any atom is -0.492 e. The Morgan fingerprint density at radius 1 is 1.25 bits per heavy atom. The highest BCUT2D eigenvalue weighted by Gasteiger charge is 2.11. The molecule has 0 aliphatic heterocycles. The predicted molar refractivity (Wildman–Crippen MR) is 70.8 cm³/mol. The van der Waals surface area contributed by atoms with Gasteiger partial charge in [-0.2, -0.15) is 0 Å². The van der Waals surface area contributed by atoms with E-state index in [1.165, 1.54) is 0 Å². The molecule has 1 rings (SSSR count). The first-order chi connectivity index (χ1) is 7.49. The van der Waals surface area contributed by atoms with Crippen molar-refractivity contribution in [3.05, 3.63) is 28.7 Å². The summed E-state index contributed by atoms with van der Waals surface area (Å²) in [5.74, 6) is 0.929. The predicted octanol–water partition coefficient (Wildman–Crippen LogP) is 2.58. The maximum atomic E-state index is 5.68. The Morgan fingerprint density at radius 3 is 2.56 bits per heavy atom. The fourth-order valence-electron chi connectivity index (χ4n) is 1.36. The van der Waals surface area contributed by atoms with Crippen molar-refractivity contribution in [1.82, 2.24) is 0 Å². The summed E-state index contributed by atoms with van der Waals surface area (Å²) in [6.45, 7) is 8.55. The Labute approximate surface area is 107 Å². The summed E-state index contributed by atoms with van der Waals surface area (Å²) >= 11 is 3.46. The first-order valence-electron chi connectivity index (χ1n) is 5.71. The number of nitrogens with two attached hydrogens (primary N) is 1. The number of benzene rings is 1. The maximum Gasteiger partial charge on any atom is 0.133 e. The van der Waals surface area contributed by atoms with E-state index >= 15 is 0 Å². The molecule has 0 unspecified atom stereocenters. The SMILES string of the molecule is CC(C)(C)[NH2+]CCCOc1ccccc1Br. The van der Waals surface area contributed by atoms with E-state index in [2.05, 4.69) is 42.0 Å². The van der Waals surface area contributed by atoms with Crippen LogP contribution in [0.2, 0.25) is 0 Å². The van der Waals surface area contributed by atoms with Gasteiger partial charge in [0.05, 0.1) is 23.2 Å². The van der Waals surface area contributed by atoms with E-state index in [-0.39, 0.29) is 0 Å². The summed E-state index contributed by atoms with van der Waals surface area (Å²) in [6, 6.07) is 7.96. The second kappa shape index (κ2) is 6.26. The number of halogens is 1. The van der Waals surface area contributed by atoms with Crippen LogP contribution in [-0.2, 0) is 0 Å². The highest BCUT2D eigenvalue weighted by atomic mass is 79.9. The van der Waals surface area contributed by atoms with Crippen molar-refractivity contribution in [2.75, 3.05) is 13.2 Å². The van der Waals surface area contributed by atoms with Crippen molar-refractivity contribution in [3.8, 4) is 5.75 Å². The van der Waals surface area contributed by atoms with Gasteiger partial charge in [-0.1, -0.05) is 12.1 Å². The monoisotopic (exact) mass is 286 g/mol. The van der Waals surface area contributed by atoms with E-state index in [0.717, 1.165) is 29.8 Å². The van der Waals surface area contributed by atoms with E-state index in [4.69, 9.17) is 4.74 Å². The van der Waals surface area contributed by atoms with Crippen LogP contribution in [0.1, 0.15) is 27.2 Å². The van der Waals surface area contributed by atoms with Crippen LogP contribution >= 0.6 is 15.9 Å². The second-order valence-electron chi connectivity index (χ2n) is 4.99. The molecular weight excluding hydrogens is 266 g/mol. The lowest BCUT2D eigenvalue weighted by Gasteiger charge is -2.16. The molecule has 0 atom stereocenters. The second-order valence-corrected chi connectivity index (χ2v) is 5.85. The molecular formula is C13H21BrNO+. The lowest BCUT2D eigenvalue weighted by atomic mass is 10.1. The summed E-state index contributed by atoms with van der Waals surface area (Å²) < 4.78 is 6.71. The summed E-state index contributed by atoms with van der Waals surface area (Å²) in [4.78, 5) is 0. The van der Waals surface area contributed by atoms with Crippen LogP contribution in [0.15, 0.2) is 28.7 Å².